The van der Waals surface area contributed by atoms with Crippen LogP contribution in [-0.4, -0.2) is 43.7 Å². The summed E-state index contributed by atoms with van der Waals surface area (Å²) in [6.07, 6.45) is 7.80. The Morgan fingerprint density at radius 2 is 1.40 bits per heavy atom. The summed E-state index contributed by atoms with van der Waals surface area (Å²) in [6, 6.07) is 1.24. The molecule has 0 amide bonds. The molecule has 2 fully saturated rings. The van der Waals surface area contributed by atoms with Crippen LogP contribution in [-0.2, 0) is 0 Å². The normalized spacial score (nSPS) is 24.9. The molecule has 2 aliphatic rings. The fraction of sp³-hybridized carbons (Fsp3) is 0.833. The van der Waals surface area contributed by atoms with E-state index in [-0.39, 0.29) is 0 Å². The second-order valence-corrected chi connectivity index (χ2v) is 9.21. The molecule has 0 aliphatic carbocycles. The maximum absolute atomic E-state index is 3.97. The monoisotopic (exact) mass is 224 g/mol. The summed E-state index contributed by atoms with van der Waals surface area (Å²) >= 11 is 0. The second kappa shape index (κ2) is 4.81. The van der Waals surface area contributed by atoms with Gasteiger partial charge in [-0.05, 0) is 64.5 Å². The largest absolute Gasteiger partial charge is 0.311 e. The quantitative estimate of drug-likeness (QED) is 0.534. The van der Waals surface area contributed by atoms with E-state index in [0.717, 1.165) is 0 Å². The van der Waals surface area contributed by atoms with Gasteiger partial charge in [-0.3, -0.25) is 0 Å². The molecule has 2 saturated heterocycles. The van der Waals surface area contributed by atoms with Crippen molar-refractivity contribution in [3.8, 4) is 0 Å². The second-order valence-electron chi connectivity index (χ2n) is 5.10. The molecule has 0 radical (unpaired) electrons. The SMILES string of the molecule is C=CC[Si](C)(N1CCCC1)N1CCCC1. The molecule has 0 aromatic carbocycles. The average Bonchev–Trinajstić information content (AvgIpc) is 2.92. The molecule has 2 rings (SSSR count). The van der Waals surface area contributed by atoms with Crippen LogP contribution in [0.5, 0.6) is 0 Å². The Labute approximate surface area is 95.1 Å². The van der Waals surface area contributed by atoms with Crippen molar-refractivity contribution >= 4 is 8.40 Å². The van der Waals surface area contributed by atoms with Crippen molar-refractivity contribution in [3.63, 3.8) is 0 Å². The van der Waals surface area contributed by atoms with Crippen molar-refractivity contribution in [2.45, 2.75) is 38.3 Å². The van der Waals surface area contributed by atoms with E-state index in [1.807, 2.05) is 0 Å². The van der Waals surface area contributed by atoms with E-state index < -0.39 is 8.40 Å². The van der Waals surface area contributed by atoms with Gasteiger partial charge in [0.1, 0.15) is 0 Å². The van der Waals surface area contributed by atoms with E-state index in [2.05, 4.69) is 28.3 Å². The van der Waals surface area contributed by atoms with Crippen molar-refractivity contribution in [1.29, 1.82) is 0 Å². The number of rotatable bonds is 4. The molecule has 0 N–H and O–H groups in total. The number of hydrogen-bond acceptors (Lipinski definition) is 2. The zero-order valence-electron chi connectivity index (χ0n) is 10.0. The van der Waals surface area contributed by atoms with Crippen LogP contribution in [0, 0.1) is 0 Å². The summed E-state index contributed by atoms with van der Waals surface area (Å²) < 4.78 is 5.61. The van der Waals surface area contributed by atoms with Crippen LogP contribution >= 0.6 is 0 Å². The topological polar surface area (TPSA) is 6.48 Å². The third kappa shape index (κ3) is 2.19. The highest BCUT2D eigenvalue weighted by atomic mass is 28.3. The minimum absolute atomic E-state index is 1.24. The molecule has 2 heterocycles. The van der Waals surface area contributed by atoms with E-state index in [0.29, 0.717) is 0 Å². The molecule has 0 aromatic rings. The molecule has 0 aromatic heterocycles. The van der Waals surface area contributed by atoms with Crippen molar-refractivity contribution in [3.05, 3.63) is 12.7 Å². The van der Waals surface area contributed by atoms with E-state index in [1.165, 1.54) is 57.9 Å². The molecule has 0 saturated carbocycles. The highest BCUT2D eigenvalue weighted by molar-refractivity contribution is 6.73. The van der Waals surface area contributed by atoms with Crippen molar-refractivity contribution in [2.75, 3.05) is 26.2 Å². The number of nitrogens with zero attached hydrogens (tertiary/aromatic N) is 2. The Morgan fingerprint density at radius 1 is 1.00 bits per heavy atom. The maximum Gasteiger partial charge on any atom is 0.207 e. The first-order valence-electron chi connectivity index (χ1n) is 6.38. The van der Waals surface area contributed by atoms with Crippen molar-refractivity contribution in [2.24, 2.45) is 0 Å². The first kappa shape index (κ1) is 11.4. The van der Waals surface area contributed by atoms with Gasteiger partial charge >= 0.3 is 0 Å². The van der Waals surface area contributed by atoms with Gasteiger partial charge in [-0.25, -0.2) is 0 Å². The van der Waals surface area contributed by atoms with Gasteiger partial charge in [0.2, 0.25) is 8.40 Å². The van der Waals surface area contributed by atoms with Gasteiger partial charge in [0.15, 0.2) is 0 Å². The van der Waals surface area contributed by atoms with Gasteiger partial charge in [0.25, 0.3) is 0 Å². The van der Waals surface area contributed by atoms with Crippen LogP contribution < -0.4 is 0 Å². The van der Waals surface area contributed by atoms with Crippen LogP contribution in [0.25, 0.3) is 0 Å². The molecular weight excluding hydrogens is 200 g/mol. The van der Waals surface area contributed by atoms with Crippen LogP contribution in [0.3, 0.4) is 0 Å². The number of hydrogen-bond donors (Lipinski definition) is 0. The van der Waals surface area contributed by atoms with Crippen LogP contribution in [0.2, 0.25) is 12.6 Å². The van der Waals surface area contributed by atoms with Gasteiger partial charge in [-0.1, -0.05) is 6.08 Å². The Bertz CT molecular complexity index is 202. The lowest BCUT2D eigenvalue weighted by molar-refractivity contribution is 0.401. The number of allylic oxidation sites excluding steroid dienone is 1. The highest BCUT2D eigenvalue weighted by Crippen LogP contribution is 2.28. The predicted molar refractivity (Wildman–Crippen MR) is 68.2 cm³/mol. The summed E-state index contributed by atoms with van der Waals surface area (Å²) in [4.78, 5) is 0. The van der Waals surface area contributed by atoms with E-state index in [4.69, 9.17) is 0 Å². The minimum Gasteiger partial charge on any atom is -0.311 e. The summed E-state index contributed by atoms with van der Waals surface area (Å²) in [5.74, 6) is 0. The summed E-state index contributed by atoms with van der Waals surface area (Å²) in [5.41, 5.74) is 0. The van der Waals surface area contributed by atoms with Crippen LogP contribution in [0.15, 0.2) is 12.7 Å². The zero-order valence-corrected chi connectivity index (χ0v) is 11.0. The molecule has 0 bridgehead atoms. The zero-order chi connectivity index (χ0) is 10.7. The molecule has 0 unspecified atom stereocenters. The standard InChI is InChI=1S/C12H24N2Si/c1-3-12-15(2,13-8-4-5-9-13)14-10-6-7-11-14/h3H,1,4-12H2,2H3. The molecule has 15 heavy (non-hydrogen) atoms. The van der Waals surface area contributed by atoms with Gasteiger partial charge < -0.3 is 9.13 Å². The molecule has 2 nitrogen and oxygen atoms in total. The molecule has 2 aliphatic heterocycles. The lowest BCUT2D eigenvalue weighted by Crippen LogP contribution is -2.61. The molecule has 86 valence electrons. The third-order valence-electron chi connectivity index (χ3n) is 4.11. The fourth-order valence-electron chi connectivity index (χ4n) is 3.13. The smallest absolute Gasteiger partial charge is 0.207 e. The maximum atomic E-state index is 3.97. The van der Waals surface area contributed by atoms with Crippen LogP contribution in [0.1, 0.15) is 25.7 Å². The predicted octanol–water partition coefficient (Wildman–Crippen LogP) is 2.44. The first-order chi connectivity index (χ1) is 7.27. The fourth-order valence-corrected chi connectivity index (χ4v) is 7.15. The average molecular weight is 224 g/mol. The molecule has 0 atom stereocenters. The highest BCUT2D eigenvalue weighted by Gasteiger charge is 2.41. The van der Waals surface area contributed by atoms with Gasteiger partial charge in [0, 0.05) is 0 Å². The van der Waals surface area contributed by atoms with Crippen molar-refractivity contribution < 1.29 is 0 Å². The third-order valence-corrected chi connectivity index (χ3v) is 8.79. The van der Waals surface area contributed by atoms with Crippen LogP contribution in [0.4, 0.5) is 0 Å². The Kier molecular flexibility index (Phi) is 3.64. The summed E-state index contributed by atoms with van der Waals surface area (Å²) in [5, 5.41) is 0. The van der Waals surface area contributed by atoms with E-state index in [1.54, 1.807) is 0 Å². The van der Waals surface area contributed by atoms with Gasteiger partial charge in [0.05, 0.1) is 0 Å². The van der Waals surface area contributed by atoms with Gasteiger partial charge in [-0.2, -0.15) is 0 Å². The Balaban J connectivity index is 2.09. The lowest BCUT2D eigenvalue weighted by Gasteiger charge is -2.43. The Morgan fingerprint density at radius 3 is 1.73 bits per heavy atom. The summed E-state index contributed by atoms with van der Waals surface area (Å²) in [7, 11) is -1.33. The van der Waals surface area contributed by atoms with Gasteiger partial charge in [-0.15, -0.1) is 6.58 Å². The lowest BCUT2D eigenvalue weighted by atomic mass is 10.4. The Hall–Kier alpha value is -0.123. The molecule has 3 heteroatoms. The first-order valence-corrected chi connectivity index (χ1v) is 8.98. The summed E-state index contributed by atoms with van der Waals surface area (Å²) in [6.45, 7) is 11.9. The molecule has 0 spiro atoms. The van der Waals surface area contributed by atoms with E-state index >= 15 is 0 Å². The minimum atomic E-state index is -1.33. The van der Waals surface area contributed by atoms with Crippen molar-refractivity contribution in [1.82, 2.24) is 9.13 Å². The molecular formula is C12H24N2Si. The van der Waals surface area contributed by atoms with E-state index in [9.17, 15) is 0 Å².